The summed E-state index contributed by atoms with van der Waals surface area (Å²) in [5.41, 5.74) is 2.18. The molecule has 0 aliphatic heterocycles. The fourth-order valence-corrected chi connectivity index (χ4v) is 4.14. The number of ether oxygens (including phenoxy) is 1. The van der Waals surface area contributed by atoms with Crippen molar-refractivity contribution in [2.75, 3.05) is 12.4 Å². The number of halogens is 1. The molecule has 29 heavy (non-hydrogen) atoms. The van der Waals surface area contributed by atoms with Gasteiger partial charge < -0.3 is 10.1 Å². The minimum absolute atomic E-state index is 0.185. The Bertz CT molecular complexity index is 1150. The maximum atomic E-state index is 13.2. The number of rotatable bonds is 6. The number of anilines is 1. The number of carbonyl (C=O) groups is 1. The molecule has 2 heterocycles. The number of hydrogen-bond acceptors (Lipinski definition) is 5. The molecule has 0 aliphatic carbocycles. The first-order chi connectivity index (χ1) is 14.2. The Morgan fingerprint density at radius 3 is 2.66 bits per heavy atom. The molecule has 0 saturated heterocycles. The first-order valence-corrected chi connectivity index (χ1v) is 10.1. The first kappa shape index (κ1) is 19.3. The topological polar surface area (TPSA) is 68.5 Å². The zero-order chi connectivity index (χ0) is 20.2. The number of aromatic nitrogens is 3. The minimum Gasteiger partial charge on any atom is -0.495 e. The van der Waals surface area contributed by atoms with Crippen molar-refractivity contribution >= 4 is 40.6 Å². The van der Waals surface area contributed by atoms with E-state index in [2.05, 4.69) is 15.5 Å². The predicted octanol–water partition coefficient (Wildman–Crippen LogP) is 4.86. The Morgan fingerprint density at radius 2 is 1.90 bits per heavy atom. The number of nitrogens with zero attached hydrogens (tertiary/aromatic N) is 3. The largest absolute Gasteiger partial charge is 0.495 e. The smallest absolute Gasteiger partial charge is 0.242 e. The maximum Gasteiger partial charge on any atom is 0.242 e. The molecule has 0 radical (unpaired) electrons. The predicted molar refractivity (Wildman–Crippen MR) is 115 cm³/mol. The van der Waals surface area contributed by atoms with E-state index in [4.69, 9.17) is 16.3 Å². The number of amides is 1. The van der Waals surface area contributed by atoms with Crippen LogP contribution >= 0.6 is 23.4 Å². The van der Waals surface area contributed by atoms with Crippen molar-refractivity contribution in [3.8, 4) is 5.75 Å². The third-order valence-electron chi connectivity index (χ3n) is 4.27. The van der Waals surface area contributed by atoms with E-state index < -0.39 is 5.25 Å². The van der Waals surface area contributed by atoms with Crippen LogP contribution < -0.4 is 10.1 Å². The molecule has 1 N–H and O–H groups in total. The van der Waals surface area contributed by atoms with Crippen LogP contribution in [0.1, 0.15) is 10.8 Å². The second-order valence-electron chi connectivity index (χ2n) is 6.16. The van der Waals surface area contributed by atoms with E-state index in [-0.39, 0.29) is 5.91 Å². The zero-order valence-electron chi connectivity index (χ0n) is 15.4. The summed E-state index contributed by atoms with van der Waals surface area (Å²) < 4.78 is 7.03. The van der Waals surface area contributed by atoms with Crippen LogP contribution in [0.3, 0.4) is 0 Å². The Hall–Kier alpha value is -3.03. The molecule has 8 heteroatoms. The molecule has 0 unspecified atom stereocenters. The van der Waals surface area contributed by atoms with Crippen molar-refractivity contribution in [3.05, 3.63) is 83.5 Å². The summed E-state index contributed by atoms with van der Waals surface area (Å²) in [6, 6.07) is 20.4. The van der Waals surface area contributed by atoms with Crippen molar-refractivity contribution in [1.29, 1.82) is 0 Å². The van der Waals surface area contributed by atoms with Crippen LogP contribution in [0.25, 0.3) is 5.65 Å². The van der Waals surface area contributed by atoms with Gasteiger partial charge in [0.2, 0.25) is 5.91 Å². The summed E-state index contributed by atoms with van der Waals surface area (Å²) in [7, 11) is 1.55. The van der Waals surface area contributed by atoms with Crippen molar-refractivity contribution in [2.45, 2.75) is 10.4 Å². The van der Waals surface area contributed by atoms with Crippen LogP contribution in [0.15, 0.2) is 78.1 Å². The molecule has 0 bridgehead atoms. The van der Waals surface area contributed by atoms with Gasteiger partial charge in [-0.3, -0.25) is 9.20 Å². The quantitative estimate of drug-likeness (QED) is 0.447. The summed E-state index contributed by atoms with van der Waals surface area (Å²) in [5.74, 6) is 0.365. The molecular weight excluding hydrogens is 408 g/mol. The summed E-state index contributed by atoms with van der Waals surface area (Å²) in [5, 5.41) is 11.9. The summed E-state index contributed by atoms with van der Waals surface area (Å²) >= 11 is 7.52. The third kappa shape index (κ3) is 4.21. The van der Waals surface area contributed by atoms with Crippen molar-refractivity contribution in [3.63, 3.8) is 0 Å². The van der Waals surface area contributed by atoms with E-state index in [9.17, 15) is 4.79 Å². The minimum atomic E-state index is -0.523. The Balaban J connectivity index is 1.64. The highest BCUT2D eigenvalue weighted by Gasteiger charge is 2.25. The lowest BCUT2D eigenvalue weighted by Crippen LogP contribution is -2.19. The number of fused-ring (bicyclic) bond motifs is 1. The average molecular weight is 425 g/mol. The number of hydrogen-bond donors (Lipinski definition) is 1. The van der Waals surface area contributed by atoms with Gasteiger partial charge in [-0.05, 0) is 35.9 Å². The van der Waals surface area contributed by atoms with Gasteiger partial charge in [-0.15, -0.1) is 10.2 Å². The SMILES string of the molecule is COc1ccc(NC(=O)[C@@H](Sc2nnc3ccccn23)c2ccccc2)cc1Cl. The summed E-state index contributed by atoms with van der Waals surface area (Å²) in [6.45, 7) is 0. The van der Waals surface area contributed by atoms with Crippen LogP contribution in [0, 0.1) is 0 Å². The molecule has 1 amide bonds. The molecule has 0 spiro atoms. The van der Waals surface area contributed by atoms with Crippen molar-refractivity contribution in [2.24, 2.45) is 0 Å². The van der Waals surface area contributed by atoms with Gasteiger partial charge in [-0.1, -0.05) is 59.8 Å². The molecule has 4 rings (SSSR count). The molecule has 0 aliphatic rings. The van der Waals surface area contributed by atoms with E-state index in [1.807, 2.05) is 59.1 Å². The second-order valence-corrected chi connectivity index (χ2v) is 7.64. The maximum absolute atomic E-state index is 13.2. The molecule has 0 fully saturated rings. The van der Waals surface area contributed by atoms with Gasteiger partial charge in [-0.2, -0.15) is 0 Å². The second kappa shape index (κ2) is 8.55. The molecule has 2 aromatic carbocycles. The van der Waals surface area contributed by atoms with Crippen molar-refractivity contribution < 1.29 is 9.53 Å². The number of methoxy groups -OCH3 is 1. The van der Waals surface area contributed by atoms with Crippen LogP contribution in [-0.4, -0.2) is 27.6 Å². The molecule has 6 nitrogen and oxygen atoms in total. The molecule has 2 aromatic heterocycles. The van der Waals surface area contributed by atoms with E-state index in [1.54, 1.807) is 25.3 Å². The van der Waals surface area contributed by atoms with Gasteiger partial charge in [0.25, 0.3) is 0 Å². The lowest BCUT2D eigenvalue weighted by molar-refractivity contribution is -0.115. The highest BCUT2D eigenvalue weighted by Crippen LogP contribution is 2.36. The van der Waals surface area contributed by atoms with E-state index in [0.29, 0.717) is 21.6 Å². The Labute approximate surface area is 176 Å². The van der Waals surface area contributed by atoms with Gasteiger partial charge in [0.1, 0.15) is 11.0 Å². The van der Waals surface area contributed by atoms with Gasteiger partial charge >= 0.3 is 0 Å². The standard InChI is InChI=1S/C21H17ClN4O2S/c1-28-17-11-10-15(13-16(17)22)23-20(27)19(14-7-3-2-4-8-14)29-21-25-24-18-9-5-6-12-26(18)21/h2-13,19H,1H3,(H,23,27)/t19-/m0/s1. The fraction of sp³-hybridized carbons (Fsp3) is 0.0952. The van der Waals surface area contributed by atoms with E-state index in [1.165, 1.54) is 11.8 Å². The number of benzene rings is 2. The summed E-state index contributed by atoms with van der Waals surface area (Å²) in [4.78, 5) is 13.2. The highest BCUT2D eigenvalue weighted by atomic mass is 35.5. The number of nitrogens with one attached hydrogen (secondary N) is 1. The number of pyridine rings is 1. The fourth-order valence-electron chi connectivity index (χ4n) is 2.86. The number of carbonyl (C=O) groups excluding carboxylic acids is 1. The van der Waals surface area contributed by atoms with Gasteiger partial charge in [0.05, 0.1) is 12.1 Å². The Kier molecular flexibility index (Phi) is 5.69. The molecule has 4 aromatic rings. The van der Waals surface area contributed by atoms with Crippen LogP contribution in [0.4, 0.5) is 5.69 Å². The third-order valence-corrected chi connectivity index (χ3v) is 5.77. The van der Waals surface area contributed by atoms with Gasteiger partial charge in [-0.25, -0.2) is 0 Å². The van der Waals surface area contributed by atoms with Crippen molar-refractivity contribution in [1.82, 2.24) is 14.6 Å². The van der Waals surface area contributed by atoms with Gasteiger partial charge in [0.15, 0.2) is 10.8 Å². The van der Waals surface area contributed by atoms with E-state index in [0.717, 1.165) is 11.2 Å². The lowest BCUT2D eigenvalue weighted by Gasteiger charge is -2.16. The molecule has 1 atom stereocenters. The van der Waals surface area contributed by atoms with Crippen LogP contribution in [0.2, 0.25) is 5.02 Å². The first-order valence-electron chi connectivity index (χ1n) is 8.81. The van der Waals surface area contributed by atoms with Crippen LogP contribution in [-0.2, 0) is 4.79 Å². The number of thioether (sulfide) groups is 1. The van der Waals surface area contributed by atoms with Gasteiger partial charge in [0, 0.05) is 11.9 Å². The average Bonchev–Trinajstić information content (AvgIpc) is 3.15. The van der Waals surface area contributed by atoms with Crippen LogP contribution in [0.5, 0.6) is 5.75 Å². The molecule has 0 saturated carbocycles. The monoisotopic (exact) mass is 424 g/mol. The van der Waals surface area contributed by atoms with E-state index >= 15 is 0 Å². The highest BCUT2D eigenvalue weighted by molar-refractivity contribution is 8.00. The lowest BCUT2D eigenvalue weighted by atomic mass is 10.1. The molecular formula is C21H17ClN4O2S. The normalized spacial score (nSPS) is 11.9. The zero-order valence-corrected chi connectivity index (χ0v) is 17.0. The molecule has 146 valence electrons. The summed E-state index contributed by atoms with van der Waals surface area (Å²) in [6.07, 6.45) is 1.88. The Morgan fingerprint density at radius 1 is 1.10 bits per heavy atom.